The zero-order chi connectivity index (χ0) is 26.4. The molecule has 0 radical (unpaired) electrons. The first kappa shape index (κ1) is 27.1. The summed E-state index contributed by atoms with van der Waals surface area (Å²) in [5, 5.41) is 17.1. The van der Waals surface area contributed by atoms with Gasteiger partial charge in [-0.15, -0.1) is 11.3 Å². The summed E-state index contributed by atoms with van der Waals surface area (Å²) < 4.78 is 42.5. The lowest BCUT2D eigenvalue weighted by Gasteiger charge is -2.25. The molecule has 2 aromatic carbocycles. The molecule has 5 nitrogen and oxygen atoms in total. The molecule has 0 amide bonds. The van der Waals surface area contributed by atoms with Crippen molar-refractivity contribution in [2.75, 3.05) is 6.54 Å². The van der Waals surface area contributed by atoms with Gasteiger partial charge in [-0.1, -0.05) is 42.6 Å². The fraction of sp³-hybridized carbons (Fsp3) is 0.429. The summed E-state index contributed by atoms with van der Waals surface area (Å²) in [5.41, 5.74) is 1.98. The van der Waals surface area contributed by atoms with E-state index in [4.69, 9.17) is 9.94 Å². The molecule has 1 heterocycles. The number of nitrogens with one attached hydrogen (secondary N) is 1. The Kier molecular flexibility index (Phi) is 8.87. The summed E-state index contributed by atoms with van der Waals surface area (Å²) in [6, 6.07) is 12.6. The molecule has 37 heavy (non-hydrogen) atoms. The van der Waals surface area contributed by atoms with Gasteiger partial charge in [0.1, 0.15) is 6.61 Å². The van der Waals surface area contributed by atoms with Crippen molar-refractivity contribution in [1.82, 2.24) is 5.32 Å². The van der Waals surface area contributed by atoms with Crippen LogP contribution in [0.2, 0.25) is 0 Å². The number of benzene rings is 2. The number of thiophene rings is 1. The Hall–Kier alpha value is -2.91. The molecule has 1 aliphatic rings. The average Bonchev–Trinajstić information content (AvgIpc) is 3.30. The van der Waals surface area contributed by atoms with Gasteiger partial charge in [-0.3, -0.25) is 4.79 Å². The van der Waals surface area contributed by atoms with Gasteiger partial charge in [0.15, 0.2) is 0 Å². The van der Waals surface area contributed by atoms with E-state index in [9.17, 15) is 18.0 Å². The maximum atomic E-state index is 13.8. The van der Waals surface area contributed by atoms with Crippen LogP contribution in [-0.4, -0.2) is 23.3 Å². The number of fused-ring (bicyclic) bond motifs is 1. The molecule has 0 spiro atoms. The minimum Gasteiger partial charge on any atom is -0.481 e. The number of hydrogen-bond donors (Lipinski definition) is 2. The number of rotatable bonds is 10. The van der Waals surface area contributed by atoms with E-state index in [1.165, 1.54) is 6.07 Å². The zero-order valence-electron chi connectivity index (χ0n) is 20.7. The maximum Gasteiger partial charge on any atom is 0.416 e. The fourth-order valence-electron chi connectivity index (χ4n) is 4.77. The van der Waals surface area contributed by atoms with Crippen molar-refractivity contribution in [3.05, 3.63) is 69.6 Å². The summed E-state index contributed by atoms with van der Waals surface area (Å²) >= 11 is 1.56. The van der Waals surface area contributed by atoms with Gasteiger partial charge in [0.25, 0.3) is 0 Å². The predicted octanol–water partition coefficient (Wildman–Crippen LogP) is 7.47. The number of carbonyl (C=O) groups is 1. The van der Waals surface area contributed by atoms with Crippen molar-refractivity contribution in [3.8, 4) is 0 Å². The Bertz CT molecular complexity index is 1260. The van der Waals surface area contributed by atoms with Gasteiger partial charge >= 0.3 is 12.1 Å². The molecule has 0 aliphatic heterocycles. The highest BCUT2D eigenvalue weighted by molar-refractivity contribution is 7.20. The molecule has 0 unspecified atom stereocenters. The molecule has 0 atom stereocenters. The van der Waals surface area contributed by atoms with Crippen LogP contribution in [0.5, 0.6) is 0 Å². The number of carboxylic acid groups (broad SMARTS) is 1. The lowest BCUT2D eigenvalue weighted by atomic mass is 9.81. The number of halogens is 3. The predicted molar refractivity (Wildman–Crippen MR) is 140 cm³/mol. The Morgan fingerprint density at radius 2 is 1.86 bits per heavy atom. The molecule has 9 heteroatoms. The second kappa shape index (κ2) is 12.1. The number of oxime groups is 1. The lowest BCUT2D eigenvalue weighted by molar-refractivity contribution is -0.139. The Morgan fingerprint density at radius 1 is 1.11 bits per heavy atom. The monoisotopic (exact) mass is 532 g/mol. The standard InChI is InChI=1S/C28H31F3N2O3S/c1-18(26-15-22-13-19(8-10-25(22)37-26)16-32-12-11-27(34)35)33-36-17-20-7-9-23(21-5-3-2-4-6-21)24(14-20)28(29,30)31/h7-10,13-15,21,32H,2-6,11-12,16-17H2,1H3,(H,34,35). The largest absolute Gasteiger partial charge is 0.481 e. The van der Waals surface area contributed by atoms with E-state index in [1.807, 2.05) is 31.2 Å². The second-order valence-corrected chi connectivity index (χ2v) is 10.6. The molecule has 0 saturated heterocycles. The van der Waals surface area contributed by atoms with Crippen LogP contribution in [0.25, 0.3) is 10.1 Å². The van der Waals surface area contributed by atoms with Crippen LogP contribution < -0.4 is 5.32 Å². The first-order valence-electron chi connectivity index (χ1n) is 12.5. The minimum atomic E-state index is -4.40. The van der Waals surface area contributed by atoms with Crippen LogP contribution in [0.3, 0.4) is 0 Å². The van der Waals surface area contributed by atoms with Crippen molar-refractivity contribution >= 4 is 33.1 Å². The first-order chi connectivity index (χ1) is 17.7. The van der Waals surface area contributed by atoms with Gasteiger partial charge in [0.05, 0.1) is 22.6 Å². The summed E-state index contributed by atoms with van der Waals surface area (Å²) in [6.07, 6.45) is 0.327. The molecule has 1 saturated carbocycles. The number of alkyl halides is 3. The fourth-order valence-corrected chi connectivity index (χ4v) is 5.75. The molecule has 198 valence electrons. The van der Waals surface area contributed by atoms with Crippen LogP contribution >= 0.6 is 11.3 Å². The number of carboxylic acids is 1. The topological polar surface area (TPSA) is 70.9 Å². The SMILES string of the molecule is CC(=NOCc1ccc(C2CCCCC2)c(C(F)(F)F)c1)c1cc2cc(CNCCC(=O)O)ccc2s1. The molecule has 0 bridgehead atoms. The molecular formula is C28H31F3N2O3S. The van der Waals surface area contributed by atoms with Gasteiger partial charge in [-0.2, -0.15) is 13.2 Å². The quantitative estimate of drug-likeness (QED) is 0.161. The third-order valence-electron chi connectivity index (χ3n) is 6.68. The Balaban J connectivity index is 1.40. The molecule has 1 fully saturated rings. The summed E-state index contributed by atoms with van der Waals surface area (Å²) in [7, 11) is 0. The molecule has 1 aliphatic carbocycles. The molecule has 3 aromatic rings. The normalized spacial score (nSPS) is 15.3. The molecular weight excluding hydrogens is 501 g/mol. The minimum absolute atomic E-state index is 0.0328. The third kappa shape index (κ3) is 7.32. The van der Waals surface area contributed by atoms with Crippen molar-refractivity contribution in [2.45, 2.75) is 70.7 Å². The summed E-state index contributed by atoms with van der Waals surface area (Å²) in [4.78, 5) is 17.0. The van der Waals surface area contributed by atoms with E-state index in [2.05, 4.69) is 10.5 Å². The van der Waals surface area contributed by atoms with E-state index in [0.29, 0.717) is 29.9 Å². The third-order valence-corrected chi connectivity index (χ3v) is 7.91. The van der Waals surface area contributed by atoms with E-state index in [0.717, 1.165) is 52.6 Å². The number of hydrogen-bond acceptors (Lipinski definition) is 5. The van der Waals surface area contributed by atoms with Gasteiger partial charge in [0, 0.05) is 17.8 Å². The van der Waals surface area contributed by atoms with E-state index < -0.39 is 17.7 Å². The number of aliphatic carboxylic acids is 1. The number of nitrogens with zero attached hydrogens (tertiary/aromatic N) is 1. The van der Waals surface area contributed by atoms with Crippen LogP contribution in [0.15, 0.2) is 47.6 Å². The van der Waals surface area contributed by atoms with Crippen molar-refractivity contribution < 1.29 is 27.9 Å². The van der Waals surface area contributed by atoms with Gasteiger partial charge in [0.2, 0.25) is 0 Å². The van der Waals surface area contributed by atoms with Crippen LogP contribution in [-0.2, 0) is 29.0 Å². The Labute approximate surface area is 218 Å². The smallest absolute Gasteiger partial charge is 0.416 e. The summed E-state index contributed by atoms with van der Waals surface area (Å²) in [6.45, 7) is 2.75. The van der Waals surface area contributed by atoms with Gasteiger partial charge < -0.3 is 15.3 Å². The second-order valence-electron chi connectivity index (χ2n) is 9.51. The van der Waals surface area contributed by atoms with Crippen LogP contribution in [0.1, 0.15) is 78.5 Å². The maximum absolute atomic E-state index is 13.8. The highest BCUT2D eigenvalue weighted by Gasteiger charge is 2.35. The van der Waals surface area contributed by atoms with E-state index >= 15 is 0 Å². The van der Waals surface area contributed by atoms with Gasteiger partial charge in [-0.05, 0) is 72.0 Å². The van der Waals surface area contributed by atoms with E-state index in [1.54, 1.807) is 23.5 Å². The van der Waals surface area contributed by atoms with Crippen molar-refractivity contribution in [3.63, 3.8) is 0 Å². The Morgan fingerprint density at radius 3 is 2.59 bits per heavy atom. The summed E-state index contributed by atoms with van der Waals surface area (Å²) in [5.74, 6) is -0.866. The lowest BCUT2D eigenvalue weighted by Crippen LogP contribution is -2.17. The molecule has 1 aromatic heterocycles. The molecule has 4 rings (SSSR count). The highest BCUT2D eigenvalue weighted by atomic mass is 32.1. The molecule has 2 N–H and O–H groups in total. The zero-order valence-corrected chi connectivity index (χ0v) is 21.6. The average molecular weight is 533 g/mol. The van der Waals surface area contributed by atoms with Crippen LogP contribution in [0, 0.1) is 0 Å². The van der Waals surface area contributed by atoms with Crippen molar-refractivity contribution in [2.24, 2.45) is 5.16 Å². The first-order valence-corrected chi connectivity index (χ1v) is 13.3. The van der Waals surface area contributed by atoms with Crippen molar-refractivity contribution in [1.29, 1.82) is 0 Å². The van der Waals surface area contributed by atoms with Gasteiger partial charge in [-0.25, -0.2) is 0 Å². The van der Waals surface area contributed by atoms with E-state index in [-0.39, 0.29) is 18.9 Å². The van der Waals surface area contributed by atoms with Crippen LogP contribution in [0.4, 0.5) is 13.2 Å². The highest BCUT2D eigenvalue weighted by Crippen LogP contribution is 2.41.